The molecule has 2 atom stereocenters. The van der Waals surface area contributed by atoms with Gasteiger partial charge in [0.15, 0.2) is 0 Å². The van der Waals surface area contributed by atoms with Crippen LogP contribution in [0.15, 0.2) is 0 Å². The molecule has 0 aromatic rings. The molecule has 2 rings (SSSR count). The molecular weight excluding hydrogens is 234 g/mol. The zero-order valence-corrected chi connectivity index (χ0v) is 13.2. The van der Waals surface area contributed by atoms with Gasteiger partial charge in [-0.1, -0.05) is 19.3 Å². The molecule has 1 aliphatic heterocycles. The first-order valence-corrected chi connectivity index (χ1v) is 8.29. The third-order valence-electron chi connectivity index (χ3n) is 5.21. The van der Waals surface area contributed by atoms with E-state index in [9.17, 15) is 0 Å². The van der Waals surface area contributed by atoms with Crippen molar-refractivity contribution in [1.29, 1.82) is 0 Å². The Morgan fingerprint density at radius 3 is 2.32 bits per heavy atom. The van der Waals surface area contributed by atoms with Crippen molar-refractivity contribution in [1.82, 2.24) is 15.1 Å². The van der Waals surface area contributed by atoms with Gasteiger partial charge in [-0.3, -0.25) is 4.90 Å². The Hall–Kier alpha value is -0.120. The molecule has 2 unspecified atom stereocenters. The monoisotopic (exact) mass is 267 g/mol. The number of hydrogen-bond donors (Lipinski definition) is 1. The first-order chi connectivity index (χ1) is 9.18. The summed E-state index contributed by atoms with van der Waals surface area (Å²) in [5.74, 6) is 0.939. The smallest absolute Gasteiger partial charge is 0.0132 e. The molecule has 112 valence electrons. The number of piperazine rings is 1. The van der Waals surface area contributed by atoms with E-state index in [1.807, 2.05) is 0 Å². The number of hydrogen-bond acceptors (Lipinski definition) is 3. The molecule has 0 spiro atoms. The van der Waals surface area contributed by atoms with Crippen molar-refractivity contribution in [3.05, 3.63) is 0 Å². The maximum Gasteiger partial charge on any atom is 0.0132 e. The van der Waals surface area contributed by atoms with Crippen LogP contribution in [0.4, 0.5) is 0 Å². The quantitative estimate of drug-likeness (QED) is 0.824. The van der Waals surface area contributed by atoms with Gasteiger partial charge in [0.2, 0.25) is 0 Å². The Kier molecular flexibility index (Phi) is 6.11. The largest absolute Gasteiger partial charge is 0.314 e. The van der Waals surface area contributed by atoms with Gasteiger partial charge in [0.25, 0.3) is 0 Å². The molecule has 1 N–H and O–H groups in total. The zero-order chi connectivity index (χ0) is 13.7. The molecule has 1 heterocycles. The standard InChI is InChI=1S/C16H33N3/c1-14(19-11-9-17-10-12-19)13-16(18(2)3)15-7-5-4-6-8-15/h14-17H,4-13H2,1-3H3. The Morgan fingerprint density at radius 2 is 1.74 bits per heavy atom. The van der Waals surface area contributed by atoms with Crippen LogP contribution < -0.4 is 5.32 Å². The zero-order valence-electron chi connectivity index (χ0n) is 13.2. The van der Waals surface area contributed by atoms with Crippen molar-refractivity contribution in [2.45, 2.75) is 57.5 Å². The van der Waals surface area contributed by atoms with Crippen LogP contribution >= 0.6 is 0 Å². The minimum Gasteiger partial charge on any atom is -0.314 e. The second-order valence-electron chi connectivity index (χ2n) is 6.80. The van der Waals surface area contributed by atoms with Crippen LogP contribution in [0.5, 0.6) is 0 Å². The summed E-state index contributed by atoms with van der Waals surface area (Å²) in [6.07, 6.45) is 8.63. The summed E-state index contributed by atoms with van der Waals surface area (Å²) >= 11 is 0. The second kappa shape index (κ2) is 7.61. The maximum absolute atomic E-state index is 3.46. The lowest BCUT2D eigenvalue weighted by molar-refractivity contribution is 0.104. The summed E-state index contributed by atoms with van der Waals surface area (Å²) in [5.41, 5.74) is 0. The lowest BCUT2D eigenvalue weighted by Gasteiger charge is -2.40. The highest BCUT2D eigenvalue weighted by molar-refractivity contribution is 4.84. The summed E-state index contributed by atoms with van der Waals surface area (Å²) in [4.78, 5) is 5.17. The summed E-state index contributed by atoms with van der Waals surface area (Å²) in [5, 5.41) is 3.46. The Balaban J connectivity index is 1.87. The molecule has 2 aliphatic rings. The molecular formula is C16H33N3. The molecule has 3 heteroatoms. The fourth-order valence-electron chi connectivity index (χ4n) is 3.97. The van der Waals surface area contributed by atoms with Crippen LogP contribution in [0.3, 0.4) is 0 Å². The van der Waals surface area contributed by atoms with Crippen molar-refractivity contribution in [3.8, 4) is 0 Å². The van der Waals surface area contributed by atoms with Crippen LogP contribution in [0, 0.1) is 5.92 Å². The van der Waals surface area contributed by atoms with Gasteiger partial charge in [0, 0.05) is 38.3 Å². The Morgan fingerprint density at radius 1 is 1.11 bits per heavy atom. The van der Waals surface area contributed by atoms with Gasteiger partial charge >= 0.3 is 0 Å². The molecule has 1 aliphatic carbocycles. The van der Waals surface area contributed by atoms with Crippen molar-refractivity contribution in [3.63, 3.8) is 0 Å². The van der Waals surface area contributed by atoms with Crippen LogP contribution in [0.25, 0.3) is 0 Å². The topological polar surface area (TPSA) is 18.5 Å². The fraction of sp³-hybridized carbons (Fsp3) is 1.00. The summed E-state index contributed by atoms with van der Waals surface area (Å²) in [6, 6.07) is 1.52. The van der Waals surface area contributed by atoms with Gasteiger partial charge in [-0.25, -0.2) is 0 Å². The van der Waals surface area contributed by atoms with Crippen molar-refractivity contribution in [2.75, 3.05) is 40.3 Å². The van der Waals surface area contributed by atoms with Crippen molar-refractivity contribution >= 4 is 0 Å². The average molecular weight is 267 g/mol. The molecule has 0 amide bonds. The SMILES string of the molecule is CC(CC(C1CCCCC1)N(C)C)N1CCNCC1. The second-order valence-corrected chi connectivity index (χ2v) is 6.80. The minimum atomic E-state index is 0.733. The molecule has 0 aromatic carbocycles. The van der Waals surface area contributed by atoms with Crippen LogP contribution in [-0.2, 0) is 0 Å². The first kappa shape index (κ1) is 15.3. The molecule has 3 nitrogen and oxygen atoms in total. The van der Waals surface area contributed by atoms with Crippen LogP contribution in [0.2, 0.25) is 0 Å². The summed E-state index contributed by atoms with van der Waals surface area (Å²) in [6.45, 7) is 7.23. The molecule has 0 radical (unpaired) electrons. The van der Waals surface area contributed by atoms with Gasteiger partial charge in [-0.15, -0.1) is 0 Å². The van der Waals surface area contributed by atoms with E-state index in [2.05, 4.69) is 36.1 Å². The minimum absolute atomic E-state index is 0.733. The normalized spacial score (nSPS) is 26.5. The van der Waals surface area contributed by atoms with E-state index in [0.717, 1.165) is 18.0 Å². The van der Waals surface area contributed by atoms with Crippen molar-refractivity contribution < 1.29 is 0 Å². The number of nitrogens with one attached hydrogen (secondary N) is 1. The van der Waals surface area contributed by atoms with Crippen LogP contribution in [-0.4, -0.2) is 62.2 Å². The van der Waals surface area contributed by atoms with E-state index in [1.54, 1.807) is 0 Å². The Labute approximate surface area is 119 Å². The van der Waals surface area contributed by atoms with E-state index in [1.165, 1.54) is 64.7 Å². The average Bonchev–Trinajstić information content (AvgIpc) is 2.46. The first-order valence-electron chi connectivity index (χ1n) is 8.29. The van der Waals surface area contributed by atoms with E-state index in [0.29, 0.717) is 0 Å². The van der Waals surface area contributed by atoms with Gasteiger partial charge in [-0.2, -0.15) is 0 Å². The van der Waals surface area contributed by atoms with E-state index >= 15 is 0 Å². The van der Waals surface area contributed by atoms with Gasteiger partial charge < -0.3 is 10.2 Å². The molecule has 0 aromatic heterocycles. The molecule has 0 bridgehead atoms. The number of rotatable bonds is 5. The lowest BCUT2D eigenvalue weighted by atomic mass is 9.81. The summed E-state index contributed by atoms with van der Waals surface area (Å²) < 4.78 is 0. The van der Waals surface area contributed by atoms with Gasteiger partial charge in [0.05, 0.1) is 0 Å². The van der Waals surface area contributed by atoms with Crippen molar-refractivity contribution in [2.24, 2.45) is 5.92 Å². The molecule has 2 fully saturated rings. The maximum atomic E-state index is 3.46. The third kappa shape index (κ3) is 4.44. The van der Waals surface area contributed by atoms with E-state index < -0.39 is 0 Å². The fourth-order valence-corrected chi connectivity index (χ4v) is 3.97. The van der Waals surface area contributed by atoms with Gasteiger partial charge in [-0.05, 0) is 46.2 Å². The third-order valence-corrected chi connectivity index (χ3v) is 5.21. The molecule has 19 heavy (non-hydrogen) atoms. The van der Waals surface area contributed by atoms with Crippen LogP contribution in [0.1, 0.15) is 45.4 Å². The summed E-state index contributed by atoms with van der Waals surface area (Å²) in [7, 11) is 4.56. The predicted octanol–water partition coefficient (Wildman–Crippen LogP) is 2.18. The lowest BCUT2D eigenvalue weighted by Crippen LogP contribution is -2.50. The van der Waals surface area contributed by atoms with Gasteiger partial charge in [0.1, 0.15) is 0 Å². The molecule has 1 saturated heterocycles. The highest BCUT2D eigenvalue weighted by Crippen LogP contribution is 2.31. The predicted molar refractivity (Wildman–Crippen MR) is 82.6 cm³/mol. The Bertz CT molecular complexity index is 242. The van der Waals surface area contributed by atoms with E-state index in [-0.39, 0.29) is 0 Å². The highest BCUT2D eigenvalue weighted by atomic mass is 15.2. The van der Waals surface area contributed by atoms with E-state index in [4.69, 9.17) is 0 Å². The number of nitrogens with zero attached hydrogens (tertiary/aromatic N) is 2. The highest BCUT2D eigenvalue weighted by Gasteiger charge is 2.28. The molecule has 1 saturated carbocycles.